The monoisotopic (exact) mass is 149 g/mol. The van der Waals surface area contributed by atoms with Crippen LogP contribution in [0.5, 0.6) is 0 Å². The Bertz CT molecular complexity index is 197. The van der Waals surface area contributed by atoms with Crippen LogP contribution in [0.3, 0.4) is 0 Å². The van der Waals surface area contributed by atoms with Gasteiger partial charge in [0.1, 0.15) is 0 Å². The zero-order valence-electron chi connectivity index (χ0n) is 6.96. The largest absolute Gasteiger partial charge is 0.324 e. The molecule has 11 heavy (non-hydrogen) atoms. The first-order valence-electron chi connectivity index (χ1n) is 4.08. The number of rotatable bonds is 1. The molecule has 0 radical (unpaired) electrons. The lowest BCUT2D eigenvalue weighted by atomic mass is 10.1. The minimum Gasteiger partial charge on any atom is -0.324 e. The first kappa shape index (κ1) is 8.28. The van der Waals surface area contributed by atoms with Crippen LogP contribution in [-0.4, -0.2) is 6.04 Å². The van der Waals surface area contributed by atoms with Crippen LogP contribution in [0.25, 0.3) is 0 Å². The van der Waals surface area contributed by atoms with Gasteiger partial charge in [-0.15, -0.1) is 0 Å². The molecular weight excluding hydrogens is 134 g/mol. The molecule has 0 saturated heterocycles. The minimum absolute atomic E-state index is 0.165. The van der Waals surface area contributed by atoms with Gasteiger partial charge in [-0.1, -0.05) is 30.4 Å². The third kappa shape index (κ3) is 2.72. The van der Waals surface area contributed by atoms with Gasteiger partial charge in [0.2, 0.25) is 0 Å². The third-order valence-electron chi connectivity index (χ3n) is 1.76. The van der Waals surface area contributed by atoms with Crippen molar-refractivity contribution < 1.29 is 0 Å². The Balaban J connectivity index is 2.69. The summed E-state index contributed by atoms with van der Waals surface area (Å²) in [5.74, 6) is 0. The summed E-state index contributed by atoms with van der Waals surface area (Å²) in [5.41, 5.74) is 6.99. The van der Waals surface area contributed by atoms with Gasteiger partial charge in [0.25, 0.3) is 0 Å². The Morgan fingerprint density at radius 1 is 1.27 bits per heavy atom. The van der Waals surface area contributed by atoms with E-state index in [2.05, 4.69) is 30.4 Å². The van der Waals surface area contributed by atoms with E-state index in [1.54, 1.807) is 0 Å². The molecule has 1 aliphatic carbocycles. The molecule has 0 saturated carbocycles. The van der Waals surface area contributed by atoms with Gasteiger partial charge in [-0.2, -0.15) is 0 Å². The smallest absolute Gasteiger partial charge is 0.0262 e. The van der Waals surface area contributed by atoms with E-state index in [9.17, 15) is 0 Å². The van der Waals surface area contributed by atoms with Crippen LogP contribution in [-0.2, 0) is 0 Å². The first-order chi connectivity index (χ1) is 5.30. The molecule has 0 spiro atoms. The average Bonchev–Trinajstić information content (AvgIpc) is 1.84. The molecule has 0 aliphatic heterocycles. The molecule has 0 amide bonds. The summed E-state index contributed by atoms with van der Waals surface area (Å²) in [6.45, 7) is 2.02. The van der Waals surface area contributed by atoms with Crippen molar-refractivity contribution in [3.05, 3.63) is 36.0 Å². The van der Waals surface area contributed by atoms with E-state index >= 15 is 0 Å². The Hall–Kier alpha value is -0.820. The molecule has 0 aromatic heterocycles. The van der Waals surface area contributed by atoms with Gasteiger partial charge in [-0.25, -0.2) is 0 Å². The molecule has 1 nitrogen and oxygen atoms in total. The molecule has 1 rings (SSSR count). The normalized spacial score (nSPS) is 30.9. The number of allylic oxidation sites excluding steroid dienone is 4. The molecular formula is C10H15N. The van der Waals surface area contributed by atoms with E-state index in [1.165, 1.54) is 5.57 Å². The Labute approximate surface area is 68.3 Å². The van der Waals surface area contributed by atoms with Crippen LogP contribution in [0.15, 0.2) is 36.0 Å². The molecule has 60 valence electrons. The zero-order valence-corrected chi connectivity index (χ0v) is 6.96. The maximum Gasteiger partial charge on any atom is 0.0262 e. The SMILES string of the molecule is CC(N)C1=C/C/C=C\C/C=C\1. The zero-order chi connectivity index (χ0) is 8.10. The fraction of sp³-hybridized carbons (Fsp3) is 0.400. The molecule has 2 N–H and O–H groups in total. The van der Waals surface area contributed by atoms with E-state index in [0.29, 0.717) is 0 Å². The van der Waals surface area contributed by atoms with Crippen molar-refractivity contribution in [2.24, 2.45) is 5.73 Å². The van der Waals surface area contributed by atoms with Crippen molar-refractivity contribution in [1.82, 2.24) is 0 Å². The van der Waals surface area contributed by atoms with Crippen LogP contribution in [0.2, 0.25) is 0 Å². The first-order valence-corrected chi connectivity index (χ1v) is 4.08. The van der Waals surface area contributed by atoms with Gasteiger partial charge in [0.05, 0.1) is 0 Å². The second-order valence-electron chi connectivity index (χ2n) is 2.84. The van der Waals surface area contributed by atoms with Crippen LogP contribution >= 0.6 is 0 Å². The fourth-order valence-corrected chi connectivity index (χ4v) is 1.08. The van der Waals surface area contributed by atoms with Crippen molar-refractivity contribution in [3.8, 4) is 0 Å². The molecule has 1 aliphatic rings. The van der Waals surface area contributed by atoms with E-state index in [1.807, 2.05) is 6.92 Å². The van der Waals surface area contributed by atoms with Crippen molar-refractivity contribution in [3.63, 3.8) is 0 Å². The predicted molar refractivity (Wildman–Crippen MR) is 49.2 cm³/mol. The predicted octanol–water partition coefficient (Wildman–Crippen LogP) is 2.17. The topological polar surface area (TPSA) is 26.0 Å². The van der Waals surface area contributed by atoms with Crippen LogP contribution < -0.4 is 5.73 Å². The van der Waals surface area contributed by atoms with Gasteiger partial charge >= 0.3 is 0 Å². The van der Waals surface area contributed by atoms with E-state index in [4.69, 9.17) is 5.73 Å². The van der Waals surface area contributed by atoms with Crippen molar-refractivity contribution in [2.75, 3.05) is 0 Å². The molecule has 0 aromatic carbocycles. The highest BCUT2D eigenvalue weighted by Crippen LogP contribution is 2.07. The average molecular weight is 149 g/mol. The van der Waals surface area contributed by atoms with Gasteiger partial charge in [-0.05, 0) is 25.3 Å². The highest BCUT2D eigenvalue weighted by Gasteiger charge is 1.97. The molecule has 0 bridgehead atoms. The summed E-state index contributed by atoms with van der Waals surface area (Å²) in [4.78, 5) is 0. The maximum absolute atomic E-state index is 5.74. The summed E-state index contributed by atoms with van der Waals surface area (Å²) in [6, 6.07) is 0.165. The summed E-state index contributed by atoms with van der Waals surface area (Å²) in [6.07, 6.45) is 12.8. The molecule has 0 fully saturated rings. The Morgan fingerprint density at radius 3 is 2.73 bits per heavy atom. The van der Waals surface area contributed by atoms with E-state index in [-0.39, 0.29) is 6.04 Å². The third-order valence-corrected chi connectivity index (χ3v) is 1.76. The summed E-state index contributed by atoms with van der Waals surface area (Å²) < 4.78 is 0. The van der Waals surface area contributed by atoms with Gasteiger partial charge in [-0.3, -0.25) is 0 Å². The summed E-state index contributed by atoms with van der Waals surface area (Å²) in [7, 11) is 0. The lowest BCUT2D eigenvalue weighted by Gasteiger charge is -2.06. The number of nitrogens with two attached hydrogens (primary N) is 1. The van der Waals surface area contributed by atoms with Crippen LogP contribution in [0.1, 0.15) is 19.8 Å². The van der Waals surface area contributed by atoms with E-state index in [0.717, 1.165) is 12.8 Å². The quantitative estimate of drug-likeness (QED) is 0.568. The standard InChI is InChI=1S/C10H15N/c1-9(11)10-7-5-3-2-4-6-8-10/h2-3,6-9H,4-5,11H2,1H3/b3-2-,8-6-,10-7+. The lowest BCUT2D eigenvalue weighted by Crippen LogP contribution is -2.16. The summed E-state index contributed by atoms with van der Waals surface area (Å²) in [5, 5.41) is 0. The highest BCUT2D eigenvalue weighted by molar-refractivity contribution is 5.26. The molecule has 0 aromatic rings. The number of hydrogen-bond donors (Lipinski definition) is 1. The van der Waals surface area contributed by atoms with Gasteiger partial charge in [0.15, 0.2) is 0 Å². The molecule has 1 unspecified atom stereocenters. The molecule has 0 heterocycles. The minimum atomic E-state index is 0.165. The molecule has 1 heteroatoms. The van der Waals surface area contributed by atoms with Crippen molar-refractivity contribution >= 4 is 0 Å². The van der Waals surface area contributed by atoms with Crippen LogP contribution in [0.4, 0.5) is 0 Å². The lowest BCUT2D eigenvalue weighted by molar-refractivity contribution is 0.877. The second-order valence-corrected chi connectivity index (χ2v) is 2.84. The Kier molecular flexibility index (Phi) is 3.12. The highest BCUT2D eigenvalue weighted by atomic mass is 14.6. The van der Waals surface area contributed by atoms with Crippen molar-refractivity contribution in [1.29, 1.82) is 0 Å². The summed E-state index contributed by atoms with van der Waals surface area (Å²) >= 11 is 0. The number of hydrogen-bond acceptors (Lipinski definition) is 1. The van der Waals surface area contributed by atoms with Gasteiger partial charge in [0, 0.05) is 6.04 Å². The second kappa shape index (κ2) is 4.14. The van der Waals surface area contributed by atoms with E-state index < -0.39 is 0 Å². The fourth-order valence-electron chi connectivity index (χ4n) is 1.08. The maximum atomic E-state index is 5.74. The Morgan fingerprint density at radius 2 is 2.00 bits per heavy atom. The molecule has 1 atom stereocenters. The van der Waals surface area contributed by atoms with Crippen LogP contribution in [0, 0.1) is 0 Å². The van der Waals surface area contributed by atoms with Crippen molar-refractivity contribution in [2.45, 2.75) is 25.8 Å². The van der Waals surface area contributed by atoms with Gasteiger partial charge < -0.3 is 5.73 Å².